The highest BCUT2D eigenvalue weighted by atomic mass is 35.5. The van der Waals surface area contributed by atoms with Gasteiger partial charge in [0.05, 0.1) is 21.1 Å². The molecule has 0 aliphatic rings. The van der Waals surface area contributed by atoms with E-state index in [-0.39, 0.29) is 19.1 Å². The van der Waals surface area contributed by atoms with Crippen LogP contribution in [-0.4, -0.2) is 39.1 Å². The van der Waals surface area contributed by atoms with E-state index in [2.05, 4.69) is 10.0 Å². The predicted molar refractivity (Wildman–Crippen MR) is 38.0 cm³/mol. The first kappa shape index (κ1) is 13.1. The number of nitrogens with zero attached hydrogens (tertiary/aromatic N) is 4. The van der Waals surface area contributed by atoms with Gasteiger partial charge >= 0.3 is 0 Å². The molecule has 0 aliphatic carbocycles. The lowest BCUT2D eigenvalue weighted by Crippen LogP contribution is -3.00. The molecule has 0 spiro atoms. The van der Waals surface area contributed by atoms with Crippen LogP contribution >= 0.6 is 0 Å². The van der Waals surface area contributed by atoms with Crippen LogP contribution in [0.15, 0.2) is 5.11 Å². The number of azide groups is 1. The zero-order chi connectivity index (χ0) is 8.04. The van der Waals surface area contributed by atoms with Crippen LogP contribution in [0.3, 0.4) is 0 Å². The Balaban J connectivity index is 0. The molecule has 0 radical (unpaired) electrons. The fraction of sp³-hybridized carbons (Fsp3) is 1.00. The molecule has 0 bridgehead atoms. The van der Waals surface area contributed by atoms with Crippen molar-refractivity contribution in [2.45, 2.75) is 0 Å². The number of rotatable bonds is 4. The first-order valence-electron chi connectivity index (χ1n) is 2.95. The summed E-state index contributed by atoms with van der Waals surface area (Å²) >= 11 is 0. The Kier molecular flexibility index (Phi) is 7.46. The summed E-state index contributed by atoms with van der Waals surface area (Å²) in [6.45, 7) is 0.672. The summed E-state index contributed by atoms with van der Waals surface area (Å²) < 4.78 is 5.70. The van der Waals surface area contributed by atoms with E-state index < -0.39 is 0 Å². The second-order valence-corrected chi connectivity index (χ2v) is 2.98. The quantitative estimate of drug-likeness (QED) is 0.123. The lowest BCUT2D eigenvalue weighted by Gasteiger charge is -2.22. The molecule has 0 heterocycles. The van der Waals surface area contributed by atoms with Gasteiger partial charge in [-0.2, -0.15) is 0 Å². The predicted octanol–water partition coefficient (Wildman–Crippen LogP) is -2.06. The Bertz CT molecular complexity index is 138. The Hall–Kier alpha value is -0.480. The normalized spacial score (nSPS) is 9.73. The maximum atomic E-state index is 7.87. The van der Waals surface area contributed by atoms with E-state index in [9.17, 15) is 0 Å². The van der Waals surface area contributed by atoms with Crippen molar-refractivity contribution in [2.75, 3.05) is 34.6 Å². The average molecular weight is 181 g/mol. The Labute approximate surface area is 72.6 Å². The average Bonchev–Trinajstić information content (AvgIpc) is 1.78. The van der Waals surface area contributed by atoms with Crippen molar-refractivity contribution in [3.63, 3.8) is 0 Å². The Morgan fingerprint density at radius 1 is 1.45 bits per heavy atom. The van der Waals surface area contributed by atoms with E-state index in [0.717, 1.165) is 0 Å². The first-order chi connectivity index (χ1) is 4.56. The molecule has 0 unspecified atom stereocenters. The minimum atomic E-state index is 0. The SMILES string of the molecule is C[N+](C)(C)COCN=[N+]=[N-].[Cl-]. The van der Waals surface area contributed by atoms with Crippen LogP contribution < -0.4 is 12.4 Å². The molecule has 0 fully saturated rings. The van der Waals surface area contributed by atoms with Crippen LogP contribution in [0, 0.1) is 0 Å². The zero-order valence-corrected chi connectivity index (χ0v) is 7.75. The van der Waals surface area contributed by atoms with Crippen molar-refractivity contribution >= 4 is 0 Å². The lowest BCUT2D eigenvalue weighted by molar-refractivity contribution is -0.890. The number of halogens is 1. The topological polar surface area (TPSA) is 58.0 Å². The molecule has 0 N–H and O–H groups in total. The van der Waals surface area contributed by atoms with Crippen molar-refractivity contribution < 1.29 is 21.6 Å². The van der Waals surface area contributed by atoms with Crippen LogP contribution in [0.2, 0.25) is 0 Å². The molecule has 0 aliphatic heterocycles. The molecular formula is C5H13ClN4O. The number of hydrogen-bond donors (Lipinski definition) is 0. The van der Waals surface area contributed by atoms with Gasteiger partial charge in [0.15, 0.2) is 6.73 Å². The molecule has 0 atom stereocenters. The highest BCUT2D eigenvalue weighted by molar-refractivity contribution is 4.34. The zero-order valence-electron chi connectivity index (χ0n) is 6.99. The molecule has 0 saturated carbocycles. The summed E-state index contributed by atoms with van der Waals surface area (Å²) in [4.78, 5) is 2.55. The molecule has 0 aromatic heterocycles. The third-order valence-electron chi connectivity index (χ3n) is 0.691. The first-order valence-corrected chi connectivity index (χ1v) is 2.95. The van der Waals surface area contributed by atoms with E-state index in [4.69, 9.17) is 10.3 Å². The van der Waals surface area contributed by atoms with Crippen molar-refractivity contribution in [2.24, 2.45) is 5.11 Å². The summed E-state index contributed by atoms with van der Waals surface area (Å²) in [6, 6.07) is 0. The van der Waals surface area contributed by atoms with E-state index in [0.29, 0.717) is 11.2 Å². The molecule has 0 amide bonds. The fourth-order valence-electron chi connectivity index (χ4n) is 0.381. The van der Waals surface area contributed by atoms with Gasteiger partial charge < -0.3 is 21.6 Å². The minimum Gasteiger partial charge on any atom is -1.00 e. The molecule has 0 saturated heterocycles. The van der Waals surface area contributed by atoms with Gasteiger partial charge in [0, 0.05) is 4.91 Å². The summed E-state index contributed by atoms with van der Waals surface area (Å²) in [7, 11) is 5.99. The second-order valence-electron chi connectivity index (χ2n) is 2.98. The highest BCUT2D eigenvalue weighted by Crippen LogP contribution is 1.89. The summed E-state index contributed by atoms with van der Waals surface area (Å²) in [5.74, 6) is 0. The largest absolute Gasteiger partial charge is 1.00 e. The molecule has 66 valence electrons. The minimum absolute atomic E-state index is 0. The maximum absolute atomic E-state index is 7.87. The van der Waals surface area contributed by atoms with Crippen LogP contribution in [0.4, 0.5) is 0 Å². The van der Waals surface area contributed by atoms with Gasteiger partial charge in [0.25, 0.3) is 0 Å². The van der Waals surface area contributed by atoms with Crippen molar-refractivity contribution in [3.05, 3.63) is 10.4 Å². The summed E-state index contributed by atoms with van der Waals surface area (Å²) in [5.41, 5.74) is 7.87. The van der Waals surface area contributed by atoms with Gasteiger partial charge in [-0.25, -0.2) is 0 Å². The van der Waals surface area contributed by atoms with Gasteiger partial charge in [0.1, 0.15) is 6.73 Å². The number of ether oxygens (including phenoxy) is 1. The van der Waals surface area contributed by atoms with Crippen LogP contribution in [0.1, 0.15) is 0 Å². The molecule has 0 rings (SSSR count). The fourth-order valence-corrected chi connectivity index (χ4v) is 0.381. The molecule has 6 heteroatoms. The maximum Gasteiger partial charge on any atom is 0.182 e. The van der Waals surface area contributed by atoms with Gasteiger partial charge in [0.2, 0.25) is 0 Å². The van der Waals surface area contributed by atoms with Crippen LogP contribution in [-0.2, 0) is 4.74 Å². The monoisotopic (exact) mass is 180 g/mol. The third-order valence-corrected chi connectivity index (χ3v) is 0.691. The van der Waals surface area contributed by atoms with Gasteiger partial charge in [-0.05, 0) is 5.53 Å². The van der Waals surface area contributed by atoms with Crippen molar-refractivity contribution in [1.29, 1.82) is 0 Å². The third kappa shape index (κ3) is 12.7. The molecule has 11 heavy (non-hydrogen) atoms. The summed E-state index contributed by atoms with van der Waals surface area (Å²) in [5, 5.41) is 3.22. The van der Waals surface area contributed by atoms with Gasteiger partial charge in [-0.1, -0.05) is 5.11 Å². The second kappa shape index (κ2) is 6.24. The van der Waals surface area contributed by atoms with Crippen LogP contribution in [0.5, 0.6) is 0 Å². The highest BCUT2D eigenvalue weighted by Gasteiger charge is 2.04. The lowest BCUT2D eigenvalue weighted by atomic mass is 10.7. The Morgan fingerprint density at radius 2 is 2.00 bits per heavy atom. The standard InChI is InChI=1S/C5H13N4O.ClH/c1-9(2,3)5-10-4-7-8-6;/h4-5H2,1-3H3;1H/q+1;/p-1. The van der Waals surface area contributed by atoms with E-state index in [1.54, 1.807) is 0 Å². The molecule has 0 aromatic carbocycles. The molecule has 0 aromatic rings. The van der Waals surface area contributed by atoms with Gasteiger partial charge in [-0.15, -0.1) is 0 Å². The van der Waals surface area contributed by atoms with Crippen molar-refractivity contribution in [3.8, 4) is 0 Å². The molecular weight excluding hydrogens is 168 g/mol. The smallest absolute Gasteiger partial charge is 0.182 e. The van der Waals surface area contributed by atoms with E-state index in [1.165, 1.54) is 0 Å². The number of hydrogen-bond acceptors (Lipinski definition) is 2. The number of quaternary nitrogens is 1. The Morgan fingerprint density at radius 3 is 2.36 bits per heavy atom. The van der Waals surface area contributed by atoms with Crippen LogP contribution in [0.25, 0.3) is 10.4 Å². The van der Waals surface area contributed by atoms with E-state index >= 15 is 0 Å². The summed E-state index contributed by atoms with van der Waals surface area (Å²) in [6.07, 6.45) is 0. The van der Waals surface area contributed by atoms with E-state index in [1.807, 2.05) is 21.1 Å². The van der Waals surface area contributed by atoms with Crippen molar-refractivity contribution in [1.82, 2.24) is 0 Å². The van der Waals surface area contributed by atoms with Gasteiger partial charge in [-0.3, -0.25) is 0 Å². The molecule has 5 nitrogen and oxygen atoms in total.